The maximum Gasteiger partial charge on any atom is 0.188 e. The summed E-state index contributed by atoms with van der Waals surface area (Å²) in [5.41, 5.74) is -0.321. The maximum atomic E-state index is 13.5. The molecule has 1 aliphatic carbocycles. The van der Waals surface area contributed by atoms with Crippen LogP contribution in [0, 0.1) is 11.2 Å². The van der Waals surface area contributed by atoms with Crippen LogP contribution in [-0.4, -0.2) is 83.6 Å². The summed E-state index contributed by atoms with van der Waals surface area (Å²) in [6.45, 7) is 5.64. The fourth-order valence-corrected chi connectivity index (χ4v) is 6.31. The number of carbonyl (C=O) groups is 1. The number of hydrogen-bond acceptors (Lipinski definition) is 9. The number of aldehydes is 1. The first-order valence-electron chi connectivity index (χ1n) is 13.1. The minimum Gasteiger partial charge on any atom is -0.451 e. The SMILES string of the molecule is O=Cc1cc(F)ccc1Oc1cncnc1N1CC2(CCN(CC3(O)CCC4(CC3)OCCO4)CC2)C1. The molecule has 198 valence electrons. The molecule has 0 amide bonds. The number of likely N-dealkylation sites (tertiary alicyclic amines) is 1. The van der Waals surface area contributed by atoms with Gasteiger partial charge in [0.25, 0.3) is 0 Å². The van der Waals surface area contributed by atoms with Gasteiger partial charge in [-0.3, -0.25) is 4.79 Å². The van der Waals surface area contributed by atoms with Crippen molar-refractivity contribution >= 4 is 12.1 Å². The number of aliphatic hydroxyl groups is 1. The third kappa shape index (κ3) is 4.95. The van der Waals surface area contributed by atoms with Gasteiger partial charge < -0.3 is 29.1 Å². The number of aromatic nitrogens is 2. The maximum absolute atomic E-state index is 13.5. The summed E-state index contributed by atoms with van der Waals surface area (Å²) in [6.07, 6.45) is 8.68. The Bertz CT molecular complexity index is 1130. The number of anilines is 1. The van der Waals surface area contributed by atoms with E-state index in [2.05, 4.69) is 19.8 Å². The van der Waals surface area contributed by atoms with Crippen LogP contribution in [0.3, 0.4) is 0 Å². The minimum absolute atomic E-state index is 0.139. The minimum atomic E-state index is -0.676. The number of halogens is 1. The largest absolute Gasteiger partial charge is 0.451 e. The highest BCUT2D eigenvalue weighted by atomic mass is 19.1. The predicted molar refractivity (Wildman–Crippen MR) is 132 cm³/mol. The van der Waals surface area contributed by atoms with Crippen molar-refractivity contribution in [2.45, 2.75) is 49.9 Å². The number of benzene rings is 1. The van der Waals surface area contributed by atoms with Gasteiger partial charge in [0.15, 0.2) is 23.6 Å². The number of rotatable bonds is 6. The molecule has 1 aromatic carbocycles. The monoisotopic (exact) mass is 512 g/mol. The highest BCUT2D eigenvalue weighted by Gasteiger charge is 2.49. The van der Waals surface area contributed by atoms with Gasteiger partial charge in [0.1, 0.15) is 17.9 Å². The molecule has 6 rings (SSSR count). The number of carbonyl (C=O) groups excluding carboxylic acids is 1. The summed E-state index contributed by atoms with van der Waals surface area (Å²) >= 11 is 0. The lowest BCUT2D eigenvalue weighted by molar-refractivity contribution is -0.205. The highest BCUT2D eigenvalue weighted by Crippen LogP contribution is 2.46. The Morgan fingerprint density at radius 3 is 2.49 bits per heavy atom. The summed E-state index contributed by atoms with van der Waals surface area (Å²) in [7, 11) is 0. The Labute approximate surface area is 215 Å². The van der Waals surface area contributed by atoms with E-state index in [0.29, 0.717) is 50.5 Å². The molecule has 1 saturated carbocycles. The van der Waals surface area contributed by atoms with E-state index in [-0.39, 0.29) is 16.7 Å². The Balaban J connectivity index is 1.04. The van der Waals surface area contributed by atoms with Gasteiger partial charge in [0.05, 0.1) is 30.6 Å². The first kappa shape index (κ1) is 24.7. The molecule has 2 aromatic rings. The van der Waals surface area contributed by atoms with E-state index in [1.165, 1.54) is 18.5 Å². The van der Waals surface area contributed by atoms with Crippen LogP contribution in [0.4, 0.5) is 10.2 Å². The quantitative estimate of drug-likeness (QED) is 0.586. The first-order valence-corrected chi connectivity index (χ1v) is 13.1. The van der Waals surface area contributed by atoms with Crippen molar-refractivity contribution in [3.63, 3.8) is 0 Å². The van der Waals surface area contributed by atoms with E-state index < -0.39 is 17.2 Å². The molecule has 1 aromatic heterocycles. The molecule has 0 atom stereocenters. The van der Waals surface area contributed by atoms with Gasteiger partial charge in [-0.2, -0.15) is 0 Å². The number of piperidine rings is 1. The Kier molecular flexibility index (Phi) is 6.38. The van der Waals surface area contributed by atoms with Gasteiger partial charge in [0.2, 0.25) is 0 Å². The van der Waals surface area contributed by atoms with E-state index in [4.69, 9.17) is 14.2 Å². The van der Waals surface area contributed by atoms with Crippen LogP contribution in [0.5, 0.6) is 11.5 Å². The number of β-amino-alcohol motifs (C(OH)–C–C–N with tert-alkyl or cyclic N) is 1. The van der Waals surface area contributed by atoms with E-state index in [1.807, 2.05) is 0 Å². The molecule has 1 N–H and O–H groups in total. The van der Waals surface area contributed by atoms with Crippen molar-refractivity contribution in [1.29, 1.82) is 0 Å². The van der Waals surface area contributed by atoms with Crippen LogP contribution >= 0.6 is 0 Å². The van der Waals surface area contributed by atoms with Crippen molar-refractivity contribution in [3.8, 4) is 11.5 Å². The average Bonchev–Trinajstić information content (AvgIpc) is 3.35. The van der Waals surface area contributed by atoms with Crippen molar-refractivity contribution < 1.29 is 28.5 Å². The van der Waals surface area contributed by atoms with E-state index in [1.54, 1.807) is 6.20 Å². The van der Waals surface area contributed by atoms with Gasteiger partial charge >= 0.3 is 0 Å². The second-order valence-corrected chi connectivity index (χ2v) is 11.1. The van der Waals surface area contributed by atoms with Crippen LogP contribution in [0.15, 0.2) is 30.7 Å². The molecule has 4 heterocycles. The number of ether oxygens (including phenoxy) is 3. The summed E-state index contributed by atoms with van der Waals surface area (Å²) < 4.78 is 31.1. The van der Waals surface area contributed by atoms with Crippen LogP contribution in [0.1, 0.15) is 48.9 Å². The summed E-state index contributed by atoms with van der Waals surface area (Å²) in [5.74, 6) is 0.436. The van der Waals surface area contributed by atoms with E-state index >= 15 is 0 Å². The summed E-state index contributed by atoms with van der Waals surface area (Å²) in [5, 5.41) is 11.2. The lowest BCUT2D eigenvalue weighted by atomic mass is 9.71. The molecular formula is C27H33FN4O5. The van der Waals surface area contributed by atoms with Gasteiger partial charge in [-0.1, -0.05) is 0 Å². The third-order valence-electron chi connectivity index (χ3n) is 8.52. The van der Waals surface area contributed by atoms with Crippen LogP contribution < -0.4 is 9.64 Å². The zero-order chi connectivity index (χ0) is 25.5. The number of hydrogen-bond donors (Lipinski definition) is 1. The fourth-order valence-electron chi connectivity index (χ4n) is 6.31. The van der Waals surface area contributed by atoms with Crippen molar-refractivity contribution in [2.75, 3.05) is 50.8 Å². The second-order valence-electron chi connectivity index (χ2n) is 11.1. The van der Waals surface area contributed by atoms with Crippen LogP contribution in [0.2, 0.25) is 0 Å². The zero-order valence-electron chi connectivity index (χ0n) is 20.9. The molecule has 4 fully saturated rings. The van der Waals surface area contributed by atoms with E-state index in [9.17, 15) is 14.3 Å². The average molecular weight is 513 g/mol. The smallest absolute Gasteiger partial charge is 0.188 e. The van der Waals surface area contributed by atoms with Gasteiger partial charge in [0, 0.05) is 37.9 Å². The first-order chi connectivity index (χ1) is 17.9. The lowest BCUT2D eigenvalue weighted by Gasteiger charge is -2.55. The fraction of sp³-hybridized carbons (Fsp3) is 0.593. The van der Waals surface area contributed by atoms with Crippen molar-refractivity contribution in [3.05, 3.63) is 42.1 Å². The lowest BCUT2D eigenvalue weighted by Crippen LogP contribution is -2.62. The van der Waals surface area contributed by atoms with Gasteiger partial charge in [-0.05, 0) is 57.0 Å². The molecule has 37 heavy (non-hydrogen) atoms. The highest BCUT2D eigenvalue weighted by molar-refractivity contribution is 5.79. The Morgan fingerprint density at radius 1 is 1.05 bits per heavy atom. The molecule has 3 aliphatic heterocycles. The van der Waals surface area contributed by atoms with Gasteiger partial charge in [-0.25, -0.2) is 14.4 Å². The summed E-state index contributed by atoms with van der Waals surface area (Å²) in [6, 6.07) is 3.85. The van der Waals surface area contributed by atoms with E-state index in [0.717, 1.165) is 57.9 Å². The van der Waals surface area contributed by atoms with Crippen LogP contribution in [-0.2, 0) is 9.47 Å². The Hall–Kier alpha value is -2.66. The zero-order valence-corrected chi connectivity index (χ0v) is 20.9. The van der Waals surface area contributed by atoms with Gasteiger partial charge in [-0.15, -0.1) is 0 Å². The molecule has 10 heteroatoms. The molecule has 0 unspecified atom stereocenters. The summed E-state index contributed by atoms with van der Waals surface area (Å²) in [4.78, 5) is 24.5. The standard InChI is InChI=1S/C27H33FN4O5/c28-21-1-2-22(20(13-21)15-33)37-23-14-29-19-30-24(23)32-16-25(17-32)7-9-31(10-8-25)18-26(34)3-5-27(6-4-26)35-11-12-36-27/h1-2,13-15,19,34H,3-12,16-18H2. The molecule has 2 spiro atoms. The molecule has 0 radical (unpaired) electrons. The van der Waals surface area contributed by atoms with Crippen molar-refractivity contribution in [2.24, 2.45) is 5.41 Å². The molecular weight excluding hydrogens is 479 g/mol. The Morgan fingerprint density at radius 2 is 1.78 bits per heavy atom. The van der Waals surface area contributed by atoms with Crippen LogP contribution in [0.25, 0.3) is 0 Å². The normalized spacial score (nSPS) is 24.2. The third-order valence-corrected chi connectivity index (χ3v) is 8.52. The van der Waals surface area contributed by atoms with Crippen molar-refractivity contribution in [1.82, 2.24) is 14.9 Å². The molecule has 0 bridgehead atoms. The molecule has 9 nitrogen and oxygen atoms in total. The number of nitrogens with zero attached hydrogens (tertiary/aromatic N) is 4. The molecule has 4 aliphatic rings. The topological polar surface area (TPSA) is 97.3 Å². The second kappa shape index (κ2) is 9.58. The molecule has 3 saturated heterocycles. The predicted octanol–water partition coefficient (Wildman–Crippen LogP) is 3.17.